The summed E-state index contributed by atoms with van der Waals surface area (Å²) >= 11 is 0. The van der Waals surface area contributed by atoms with Crippen LogP contribution in [0.1, 0.15) is 13.3 Å². The molecule has 0 radical (unpaired) electrons. The zero-order valence-electron chi connectivity index (χ0n) is 8.66. The summed E-state index contributed by atoms with van der Waals surface area (Å²) in [6.45, 7) is 2.31. The lowest BCUT2D eigenvalue weighted by Gasteiger charge is -2.20. The molecule has 0 saturated carbocycles. The van der Waals surface area contributed by atoms with Crippen molar-refractivity contribution >= 4 is 17.2 Å². The number of nitrogen functional groups attached to an aromatic ring is 1. The highest BCUT2D eigenvalue weighted by Crippen LogP contribution is 2.20. The number of hydrogen-bond donors (Lipinski definition) is 1. The zero-order chi connectivity index (χ0) is 10.6. The maximum atomic E-state index is 10.8. The Labute approximate surface area is 84.5 Å². The van der Waals surface area contributed by atoms with Crippen LogP contribution < -0.4 is 10.6 Å². The Kier molecular flexibility index (Phi) is 3.51. The molecule has 2 N–H and O–H groups in total. The second-order valence-electron chi connectivity index (χ2n) is 3.43. The molecule has 0 amide bonds. The van der Waals surface area contributed by atoms with Crippen LogP contribution in [-0.2, 0) is 4.79 Å². The molecule has 3 heteroatoms. The summed E-state index contributed by atoms with van der Waals surface area (Å²) in [5, 5.41) is 0. The molecule has 0 aliphatic rings. The summed E-state index contributed by atoms with van der Waals surface area (Å²) in [6, 6.07) is 7.66. The Morgan fingerprint density at radius 3 is 2.64 bits per heavy atom. The minimum absolute atomic E-state index is 0.200. The minimum Gasteiger partial charge on any atom is -0.397 e. The Bertz CT molecular complexity index is 323. The predicted octanol–water partition coefficient (Wildman–Crippen LogP) is 1.68. The van der Waals surface area contributed by atoms with E-state index in [9.17, 15) is 4.79 Å². The molecule has 0 spiro atoms. The molecule has 0 aliphatic heterocycles. The van der Waals surface area contributed by atoms with E-state index in [-0.39, 0.29) is 5.78 Å². The molecule has 76 valence electrons. The monoisotopic (exact) mass is 192 g/mol. The van der Waals surface area contributed by atoms with Crippen molar-refractivity contribution in [1.29, 1.82) is 0 Å². The first kappa shape index (κ1) is 10.6. The van der Waals surface area contributed by atoms with Crippen LogP contribution in [0.25, 0.3) is 0 Å². The number of Topliss-reactive ketones (excluding diaryl/α,β-unsaturated/α-hetero) is 1. The van der Waals surface area contributed by atoms with E-state index in [0.29, 0.717) is 13.0 Å². The number of nitrogens with zero attached hydrogens (tertiary/aromatic N) is 1. The molecule has 0 bridgehead atoms. The topological polar surface area (TPSA) is 46.3 Å². The van der Waals surface area contributed by atoms with Crippen LogP contribution >= 0.6 is 0 Å². The van der Waals surface area contributed by atoms with Gasteiger partial charge in [0.1, 0.15) is 5.78 Å². The number of carbonyl (C=O) groups excluding carboxylic acids is 1. The van der Waals surface area contributed by atoms with E-state index in [1.807, 2.05) is 36.2 Å². The van der Waals surface area contributed by atoms with Crippen molar-refractivity contribution in [2.24, 2.45) is 0 Å². The fraction of sp³-hybridized carbons (Fsp3) is 0.364. The van der Waals surface area contributed by atoms with Gasteiger partial charge >= 0.3 is 0 Å². The molecule has 3 nitrogen and oxygen atoms in total. The van der Waals surface area contributed by atoms with Gasteiger partial charge in [0.2, 0.25) is 0 Å². The molecule has 1 aromatic carbocycles. The van der Waals surface area contributed by atoms with Gasteiger partial charge in [0, 0.05) is 20.0 Å². The first-order chi connectivity index (χ1) is 6.61. The summed E-state index contributed by atoms with van der Waals surface area (Å²) in [5.41, 5.74) is 7.53. The maximum absolute atomic E-state index is 10.8. The fourth-order valence-electron chi connectivity index (χ4n) is 1.28. The van der Waals surface area contributed by atoms with E-state index in [1.165, 1.54) is 0 Å². The summed E-state index contributed by atoms with van der Waals surface area (Å²) in [7, 11) is 1.94. The van der Waals surface area contributed by atoms with Gasteiger partial charge in [-0.15, -0.1) is 0 Å². The molecule has 0 unspecified atom stereocenters. The van der Waals surface area contributed by atoms with Crippen molar-refractivity contribution in [2.45, 2.75) is 13.3 Å². The van der Waals surface area contributed by atoms with Crippen molar-refractivity contribution in [3.05, 3.63) is 24.3 Å². The molecule has 0 fully saturated rings. The third-order valence-electron chi connectivity index (χ3n) is 2.15. The Morgan fingerprint density at radius 2 is 2.07 bits per heavy atom. The molecule has 0 atom stereocenters. The third-order valence-corrected chi connectivity index (χ3v) is 2.15. The quantitative estimate of drug-likeness (QED) is 0.738. The van der Waals surface area contributed by atoms with Crippen LogP contribution in [0.3, 0.4) is 0 Å². The normalized spacial score (nSPS) is 9.86. The summed E-state index contributed by atoms with van der Waals surface area (Å²) in [4.78, 5) is 12.8. The highest BCUT2D eigenvalue weighted by atomic mass is 16.1. The lowest BCUT2D eigenvalue weighted by Crippen LogP contribution is -2.21. The minimum atomic E-state index is 0.200. The smallest absolute Gasteiger partial charge is 0.131 e. The van der Waals surface area contributed by atoms with Crippen molar-refractivity contribution in [2.75, 3.05) is 24.2 Å². The van der Waals surface area contributed by atoms with Gasteiger partial charge < -0.3 is 10.6 Å². The van der Waals surface area contributed by atoms with E-state index in [1.54, 1.807) is 6.92 Å². The van der Waals surface area contributed by atoms with Crippen LogP contribution in [0.2, 0.25) is 0 Å². The van der Waals surface area contributed by atoms with Crippen molar-refractivity contribution in [3.63, 3.8) is 0 Å². The van der Waals surface area contributed by atoms with Crippen LogP contribution in [0.5, 0.6) is 0 Å². The molecule has 0 aromatic heterocycles. The van der Waals surface area contributed by atoms with E-state index >= 15 is 0 Å². The highest BCUT2D eigenvalue weighted by molar-refractivity contribution is 5.76. The van der Waals surface area contributed by atoms with Crippen LogP contribution in [-0.4, -0.2) is 19.4 Å². The van der Waals surface area contributed by atoms with Gasteiger partial charge in [-0.25, -0.2) is 0 Å². The molecular weight excluding hydrogens is 176 g/mol. The number of carbonyl (C=O) groups is 1. The third kappa shape index (κ3) is 2.76. The molecule has 14 heavy (non-hydrogen) atoms. The number of ketones is 1. The maximum Gasteiger partial charge on any atom is 0.131 e. The summed E-state index contributed by atoms with van der Waals surface area (Å²) < 4.78 is 0. The number of rotatable bonds is 4. The van der Waals surface area contributed by atoms with Crippen LogP contribution in [0.15, 0.2) is 24.3 Å². The number of benzene rings is 1. The van der Waals surface area contributed by atoms with Gasteiger partial charge in [-0.2, -0.15) is 0 Å². The lowest BCUT2D eigenvalue weighted by atomic mass is 10.2. The van der Waals surface area contributed by atoms with Crippen molar-refractivity contribution in [1.82, 2.24) is 0 Å². The van der Waals surface area contributed by atoms with Gasteiger partial charge in [0.25, 0.3) is 0 Å². The number of nitrogens with two attached hydrogens (primary N) is 1. The van der Waals surface area contributed by atoms with E-state index < -0.39 is 0 Å². The summed E-state index contributed by atoms with van der Waals surface area (Å²) in [5.74, 6) is 0.200. The van der Waals surface area contributed by atoms with Gasteiger partial charge in [-0.1, -0.05) is 12.1 Å². The largest absolute Gasteiger partial charge is 0.397 e. The van der Waals surface area contributed by atoms with E-state index in [2.05, 4.69) is 0 Å². The predicted molar refractivity (Wildman–Crippen MR) is 59.4 cm³/mol. The lowest BCUT2D eigenvalue weighted by molar-refractivity contribution is -0.116. The van der Waals surface area contributed by atoms with Crippen molar-refractivity contribution < 1.29 is 4.79 Å². The van der Waals surface area contributed by atoms with E-state index in [4.69, 9.17) is 5.73 Å². The number of para-hydroxylation sites is 2. The van der Waals surface area contributed by atoms with Gasteiger partial charge in [-0.05, 0) is 19.1 Å². The SMILES string of the molecule is CC(=O)CCN(C)c1ccccc1N. The van der Waals surface area contributed by atoms with Gasteiger partial charge in [0.15, 0.2) is 0 Å². The molecule has 0 heterocycles. The molecule has 1 rings (SSSR count). The van der Waals surface area contributed by atoms with Gasteiger partial charge in [-0.3, -0.25) is 4.79 Å². The standard InChI is InChI=1S/C11H16N2O/c1-9(14)7-8-13(2)11-6-4-3-5-10(11)12/h3-6H,7-8,12H2,1-2H3. The molecule has 1 aromatic rings. The zero-order valence-corrected chi connectivity index (χ0v) is 8.66. The van der Waals surface area contributed by atoms with E-state index in [0.717, 1.165) is 11.4 Å². The Hall–Kier alpha value is -1.51. The number of hydrogen-bond acceptors (Lipinski definition) is 3. The Balaban J connectivity index is 2.65. The highest BCUT2D eigenvalue weighted by Gasteiger charge is 2.04. The second-order valence-corrected chi connectivity index (χ2v) is 3.43. The van der Waals surface area contributed by atoms with Crippen LogP contribution in [0, 0.1) is 0 Å². The first-order valence-electron chi connectivity index (χ1n) is 4.66. The number of anilines is 2. The Morgan fingerprint density at radius 1 is 1.43 bits per heavy atom. The first-order valence-corrected chi connectivity index (χ1v) is 4.66. The average molecular weight is 192 g/mol. The summed E-state index contributed by atoms with van der Waals surface area (Å²) in [6.07, 6.45) is 0.560. The van der Waals surface area contributed by atoms with Crippen LogP contribution in [0.4, 0.5) is 11.4 Å². The molecule has 0 saturated heterocycles. The van der Waals surface area contributed by atoms with Crippen molar-refractivity contribution in [3.8, 4) is 0 Å². The molecular formula is C11H16N2O. The average Bonchev–Trinajstić information content (AvgIpc) is 2.15. The fourth-order valence-corrected chi connectivity index (χ4v) is 1.28. The van der Waals surface area contributed by atoms with Gasteiger partial charge in [0.05, 0.1) is 11.4 Å². The molecule has 0 aliphatic carbocycles. The second kappa shape index (κ2) is 4.65.